The monoisotopic (exact) mass is 355 g/mol. The summed E-state index contributed by atoms with van der Waals surface area (Å²) in [7, 11) is -1.96. The van der Waals surface area contributed by atoms with Gasteiger partial charge in [-0.05, 0) is 37.1 Å². The van der Waals surface area contributed by atoms with Gasteiger partial charge in [0.1, 0.15) is 18.2 Å². The minimum atomic E-state index is -3.49. The predicted octanol–water partition coefficient (Wildman–Crippen LogP) is 0.0855. The first kappa shape index (κ1) is 22.4. The van der Waals surface area contributed by atoms with Crippen molar-refractivity contribution in [2.75, 3.05) is 32.7 Å². The first-order valence-electron chi connectivity index (χ1n) is 6.66. The Morgan fingerprint density at radius 2 is 1.83 bits per heavy atom. The summed E-state index contributed by atoms with van der Waals surface area (Å²) in [5.41, 5.74) is 1.25. The molecule has 2 N–H and O–H groups in total. The van der Waals surface area contributed by atoms with Crippen LogP contribution < -0.4 is 10.1 Å². The first-order valence-corrected chi connectivity index (χ1v) is 8.31. The van der Waals surface area contributed by atoms with Crippen molar-refractivity contribution in [3.63, 3.8) is 0 Å². The van der Waals surface area contributed by atoms with Gasteiger partial charge in [-0.2, -0.15) is 0 Å². The molecule has 126 valence electrons. The standard InChI is InChI=1S/C14H21NO6S.Na.H/c1-10-6-12(20-3)7-11(2)14(10)22(18,19)9-15-4-5-21-8-13(16)17;;/h6-7,15H,4-5,8-9H2,1-3H3,(H,16,17);;. The Morgan fingerprint density at radius 1 is 1.26 bits per heavy atom. The van der Waals surface area contributed by atoms with Gasteiger partial charge >= 0.3 is 35.5 Å². The molecule has 0 aromatic heterocycles. The second kappa shape index (κ2) is 10.3. The van der Waals surface area contributed by atoms with Gasteiger partial charge in [0.25, 0.3) is 0 Å². The Kier molecular flexibility index (Phi) is 9.99. The number of carbonyl (C=O) groups is 1. The Bertz CT molecular complexity index is 609. The van der Waals surface area contributed by atoms with E-state index in [1.165, 1.54) is 7.11 Å². The van der Waals surface area contributed by atoms with E-state index in [1.807, 2.05) is 0 Å². The second-order valence-electron chi connectivity index (χ2n) is 4.80. The van der Waals surface area contributed by atoms with Gasteiger partial charge in [-0.25, -0.2) is 13.2 Å². The number of aliphatic carboxylic acids is 1. The molecule has 0 radical (unpaired) electrons. The van der Waals surface area contributed by atoms with Gasteiger partial charge in [0.15, 0.2) is 9.84 Å². The molecule has 0 fully saturated rings. The van der Waals surface area contributed by atoms with Crippen LogP contribution in [0.1, 0.15) is 11.1 Å². The molecule has 0 aliphatic heterocycles. The van der Waals surface area contributed by atoms with E-state index < -0.39 is 22.4 Å². The molecule has 0 aliphatic rings. The van der Waals surface area contributed by atoms with Crippen molar-refractivity contribution in [2.45, 2.75) is 18.7 Å². The van der Waals surface area contributed by atoms with Crippen LogP contribution in [0.3, 0.4) is 0 Å². The molecule has 1 aromatic carbocycles. The van der Waals surface area contributed by atoms with Gasteiger partial charge in [-0.1, -0.05) is 0 Å². The quantitative estimate of drug-likeness (QED) is 0.478. The van der Waals surface area contributed by atoms with E-state index in [0.29, 0.717) is 16.9 Å². The minimum absolute atomic E-state index is 0. The molecule has 7 nitrogen and oxygen atoms in total. The number of rotatable bonds is 9. The fourth-order valence-corrected chi connectivity index (χ4v) is 3.76. The number of ether oxygens (including phenoxy) is 2. The molecule has 0 saturated heterocycles. The van der Waals surface area contributed by atoms with Gasteiger partial charge in [-0.3, -0.25) is 0 Å². The second-order valence-corrected chi connectivity index (χ2v) is 6.72. The number of carboxylic acids is 1. The first-order chi connectivity index (χ1) is 10.3. The third-order valence-corrected chi connectivity index (χ3v) is 4.77. The summed E-state index contributed by atoms with van der Waals surface area (Å²) in [6.45, 7) is 3.42. The molecule has 0 bridgehead atoms. The number of hydrogen-bond donors (Lipinski definition) is 2. The molecule has 0 aliphatic carbocycles. The number of sulfone groups is 1. The van der Waals surface area contributed by atoms with Crippen molar-refractivity contribution in [1.29, 1.82) is 0 Å². The summed E-state index contributed by atoms with van der Waals surface area (Å²) < 4.78 is 34.7. The Morgan fingerprint density at radius 3 is 2.30 bits per heavy atom. The molecule has 0 unspecified atom stereocenters. The fourth-order valence-electron chi connectivity index (χ4n) is 2.10. The van der Waals surface area contributed by atoms with Crippen molar-refractivity contribution < 1.29 is 27.8 Å². The van der Waals surface area contributed by atoms with Gasteiger partial charge in [-0.15, -0.1) is 0 Å². The van der Waals surface area contributed by atoms with Gasteiger partial charge in [0.2, 0.25) is 0 Å². The van der Waals surface area contributed by atoms with Crippen LogP contribution in [0.25, 0.3) is 0 Å². The molecule has 9 heteroatoms. The summed E-state index contributed by atoms with van der Waals surface area (Å²) >= 11 is 0. The van der Waals surface area contributed by atoms with Crippen LogP contribution in [0.5, 0.6) is 5.75 Å². The fraction of sp³-hybridized carbons (Fsp3) is 0.500. The Hall–Kier alpha value is -0.640. The van der Waals surface area contributed by atoms with Crippen LogP contribution in [0, 0.1) is 13.8 Å². The van der Waals surface area contributed by atoms with Gasteiger partial charge in [0.05, 0.1) is 18.6 Å². The predicted molar refractivity (Wildman–Crippen MR) is 88.1 cm³/mol. The van der Waals surface area contributed by atoms with Crippen molar-refractivity contribution in [2.24, 2.45) is 0 Å². The zero-order valence-corrected chi connectivity index (χ0v) is 13.7. The van der Waals surface area contributed by atoms with E-state index in [9.17, 15) is 13.2 Å². The summed E-state index contributed by atoms with van der Waals surface area (Å²) in [6, 6.07) is 3.35. The molecule has 0 saturated carbocycles. The SMILES string of the molecule is COc1cc(C)c(S(=O)(=O)CNCCOCC(=O)O)c(C)c1.[NaH]. The van der Waals surface area contributed by atoms with Gasteiger partial charge < -0.3 is 19.9 Å². The van der Waals surface area contributed by atoms with Crippen molar-refractivity contribution >= 4 is 45.4 Å². The zero-order valence-electron chi connectivity index (χ0n) is 12.9. The topological polar surface area (TPSA) is 102 Å². The average molecular weight is 355 g/mol. The molecule has 1 aromatic rings. The van der Waals surface area contributed by atoms with Crippen molar-refractivity contribution in [3.8, 4) is 5.75 Å². The summed E-state index contributed by atoms with van der Waals surface area (Å²) in [4.78, 5) is 10.5. The zero-order chi connectivity index (χ0) is 16.8. The summed E-state index contributed by atoms with van der Waals surface area (Å²) in [5, 5.41) is 11.1. The molecule has 0 spiro atoms. The molecular formula is C14H22NNaO6S. The number of carboxylic acid groups (broad SMARTS) is 1. The molecular weight excluding hydrogens is 333 g/mol. The van der Waals surface area contributed by atoms with E-state index in [0.717, 1.165) is 0 Å². The number of benzene rings is 1. The van der Waals surface area contributed by atoms with E-state index in [1.54, 1.807) is 26.0 Å². The summed E-state index contributed by atoms with van der Waals surface area (Å²) in [5.74, 6) is -0.682. The van der Waals surface area contributed by atoms with Crippen LogP contribution in [0.4, 0.5) is 0 Å². The third-order valence-electron chi connectivity index (χ3n) is 2.92. The van der Waals surface area contributed by atoms with Crippen molar-refractivity contribution in [3.05, 3.63) is 23.3 Å². The molecule has 0 amide bonds. The number of nitrogens with one attached hydrogen (secondary N) is 1. The molecule has 0 atom stereocenters. The van der Waals surface area contributed by atoms with Crippen molar-refractivity contribution in [1.82, 2.24) is 5.32 Å². The van der Waals surface area contributed by atoms with E-state index in [4.69, 9.17) is 14.6 Å². The average Bonchev–Trinajstić information content (AvgIpc) is 2.41. The molecule has 23 heavy (non-hydrogen) atoms. The normalized spacial score (nSPS) is 10.9. The van der Waals surface area contributed by atoms with Gasteiger partial charge in [0, 0.05) is 6.54 Å². The van der Waals surface area contributed by atoms with Crippen LogP contribution in [0.15, 0.2) is 17.0 Å². The maximum atomic E-state index is 12.4. The van der Waals surface area contributed by atoms with Crippen LogP contribution in [-0.4, -0.2) is 81.8 Å². The van der Waals surface area contributed by atoms with Crippen LogP contribution >= 0.6 is 0 Å². The molecule has 0 heterocycles. The summed E-state index contributed by atoms with van der Waals surface area (Å²) in [6.07, 6.45) is 0. The van der Waals surface area contributed by atoms with E-state index in [2.05, 4.69) is 5.32 Å². The van der Waals surface area contributed by atoms with Crippen LogP contribution in [-0.2, 0) is 19.4 Å². The third kappa shape index (κ3) is 7.19. The number of methoxy groups -OCH3 is 1. The molecule has 1 rings (SSSR count). The Labute approximate surface area is 158 Å². The number of aryl methyl sites for hydroxylation is 2. The Balaban J connectivity index is 0.00000484. The maximum absolute atomic E-state index is 12.4. The van der Waals surface area contributed by atoms with Crippen LogP contribution in [0.2, 0.25) is 0 Å². The number of hydrogen-bond acceptors (Lipinski definition) is 6. The van der Waals surface area contributed by atoms with E-state index in [-0.39, 0.29) is 53.5 Å². The van der Waals surface area contributed by atoms with E-state index >= 15 is 0 Å².